The average molecular weight is 459 g/mol. The van der Waals surface area contributed by atoms with Gasteiger partial charge in [0.1, 0.15) is 17.6 Å². The number of amides is 1. The molecule has 0 saturated heterocycles. The van der Waals surface area contributed by atoms with Crippen LogP contribution in [-0.2, 0) is 22.4 Å². The van der Waals surface area contributed by atoms with Crippen LogP contribution in [0, 0.1) is 5.82 Å². The maximum absolute atomic E-state index is 14.0. The van der Waals surface area contributed by atoms with Gasteiger partial charge in [0, 0.05) is 22.6 Å². The zero-order valence-electron chi connectivity index (χ0n) is 17.6. The molecule has 1 aliphatic carbocycles. The van der Waals surface area contributed by atoms with E-state index in [-0.39, 0.29) is 24.4 Å². The van der Waals surface area contributed by atoms with Crippen LogP contribution < -0.4 is 10.1 Å². The first kappa shape index (κ1) is 22.1. The number of aromatic nitrogens is 1. The van der Waals surface area contributed by atoms with Crippen LogP contribution in [0.4, 0.5) is 4.39 Å². The Hall–Kier alpha value is -3.06. The Bertz CT molecular complexity index is 1180. The molecule has 0 fully saturated rings. The van der Waals surface area contributed by atoms with Crippen LogP contribution in [0.5, 0.6) is 5.75 Å². The van der Waals surface area contributed by atoms with Crippen molar-refractivity contribution in [2.24, 2.45) is 0 Å². The Balaban J connectivity index is 1.55. The van der Waals surface area contributed by atoms with Crippen LogP contribution in [0.15, 0.2) is 42.5 Å². The van der Waals surface area contributed by atoms with E-state index in [1.807, 2.05) is 11.5 Å². The van der Waals surface area contributed by atoms with Crippen molar-refractivity contribution >= 4 is 34.4 Å². The van der Waals surface area contributed by atoms with Crippen molar-refractivity contribution in [1.82, 2.24) is 9.88 Å². The molecule has 1 unspecified atom stereocenters. The molecule has 0 radical (unpaired) electrons. The second-order valence-corrected chi connectivity index (χ2v) is 8.35. The molecule has 0 aliphatic heterocycles. The predicted molar refractivity (Wildman–Crippen MR) is 120 cm³/mol. The molecule has 4 rings (SSSR count). The largest absolute Gasteiger partial charge is 0.482 e. The van der Waals surface area contributed by atoms with Crippen LogP contribution in [0.2, 0.25) is 5.02 Å². The highest BCUT2D eigenvalue weighted by molar-refractivity contribution is 6.32. The number of halogens is 2. The van der Waals surface area contributed by atoms with Crippen molar-refractivity contribution in [3.63, 3.8) is 0 Å². The highest BCUT2D eigenvalue weighted by Crippen LogP contribution is 2.36. The summed E-state index contributed by atoms with van der Waals surface area (Å²) in [4.78, 5) is 24.3. The third-order valence-electron chi connectivity index (χ3n) is 5.91. The minimum atomic E-state index is -0.913. The quantitative estimate of drug-likeness (QED) is 0.545. The molecule has 0 saturated carbocycles. The van der Waals surface area contributed by atoms with E-state index >= 15 is 0 Å². The molecule has 3 aromatic rings. The third-order valence-corrected chi connectivity index (χ3v) is 6.22. The standard InChI is InChI=1S/C24H24ClFN2O4/c1-2-19(24(30)31)28-20-9-7-14(26)11-16(20)17-12-15(8-10-21(17)28)27-23(29)13-32-22-6-4-3-5-18(22)25/h3-7,9,11,15,19H,2,8,10,12-13H2,1H3,(H,27,29)(H,30,31)/t15-,19?/m1/s1. The number of para-hydroxylation sites is 1. The maximum atomic E-state index is 14.0. The van der Waals surface area contributed by atoms with Gasteiger partial charge < -0.3 is 19.7 Å². The molecular formula is C24H24ClFN2O4. The first-order valence-electron chi connectivity index (χ1n) is 10.6. The Morgan fingerprint density at radius 3 is 2.81 bits per heavy atom. The number of carboxylic acids is 1. The lowest BCUT2D eigenvalue weighted by Crippen LogP contribution is -2.41. The normalized spacial score (nSPS) is 16.4. The van der Waals surface area contributed by atoms with Gasteiger partial charge in [0.2, 0.25) is 0 Å². The third kappa shape index (κ3) is 4.30. The molecule has 1 heterocycles. The molecule has 2 aromatic carbocycles. The number of ether oxygens (including phenoxy) is 1. The van der Waals surface area contributed by atoms with E-state index in [1.54, 1.807) is 30.3 Å². The maximum Gasteiger partial charge on any atom is 0.326 e. The molecule has 1 aromatic heterocycles. The van der Waals surface area contributed by atoms with E-state index in [1.165, 1.54) is 12.1 Å². The summed E-state index contributed by atoms with van der Waals surface area (Å²) in [6.45, 7) is 1.66. The van der Waals surface area contributed by atoms with Crippen LogP contribution in [0.3, 0.4) is 0 Å². The summed E-state index contributed by atoms with van der Waals surface area (Å²) in [5, 5.41) is 13.8. The summed E-state index contributed by atoms with van der Waals surface area (Å²) in [7, 11) is 0. The number of nitrogens with one attached hydrogen (secondary N) is 1. The van der Waals surface area contributed by atoms with Crippen molar-refractivity contribution in [3.05, 3.63) is 64.6 Å². The van der Waals surface area contributed by atoms with Gasteiger partial charge in [-0.25, -0.2) is 9.18 Å². The first-order chi connectivity index (χ1) is 15.4. The fourth-order valence-electron chi connectivity index (χ4n) is 4.49. The molecule has 0 bridgehead atoms. The van der Waals surface area contributed by atoms with E-state index in [4.69, 9.17) is 16.3 Å². The lowest BCUT2D eigenvalue weighted by molar-refractivity contribution is -0.141. The minimum absolute atomic E-state index is 0.155. The molecule has 8 heteroatoms. The summed E-state index contributed by atoms with van der Waals surface area (Å²) >= 11 is 6.05. The number of carbonyl (C=O) groups excluding carboxylic acids is 1. The van der Waals surface area contributed by atoms with Crippen molar-refractivity contribution in [1.29, 1.82) is 0 Å². The Morgan fingerprint density at radius 2 is 2.09 bits per heavy atom. The zero-order valence-corrected chi connectivity index (χ0v) is 18.4. The second-order valence-electron chi connectivity index (χ2n) is 7.95. The number of hydrogen-bond acceptors (Lipinski definition) is 3. The Morgan fingerprint density at radius 1 is 1.31 bits per heavy atom. The number of fused-ring (bicyclic) bond motifs is 3. The summed E-state index contributed by atoms with van der Waals surface area (Å²) in [6.07, 6.45) is 2.16. The van der Waals surface area contributed by atoms with Crippen LogP contribution in [0.1, 0.15) is 37.1 Å². The predicted octanol–water partition coefficient (Wildman–Crippen LogP) is 4.52. The number of carboxylic acid groups (broad SMARTS) is 1. The van der Waals surface area contributed by atoms with Gasteiger partial charge in [0.15, 0.2) is 6.61 Å². The second kappa shape index (κ2) is 9.20. The number of carbonyl (C=O) groups is 2. The molecule has 32 heavy (non-hydrogen) atoms. The monoisotopic (exact) mass is 458 g/mol. The number of hydrogen-bond donors (Lipinski definition) is 2. The molecule has 0 spiro atoms. The highest BCUT2D eigenvalue weighted by Gasteiger charge is 2.31. The van der Waals surface area contributed by atoms with Crippen molar-refractivity contribution < 1.29 is 23.8 Å². The van der Waals surface area contributed by atoms with Crippen molar-refractivity contribution in [2.75, 3.05) is 6.61 Å². The van der Waals surface area contributed by atoms with E-state index in [0.717, 1.165) is 11.3 Å². The van der Waals surface area contributed by atoms with E-state index in [0.29, 0.717) is 47.4 Å². The van der Waals surface area contributed by atoms with Crippen molar-refractivity contribution in [3.8, 4) is 5.75 Å². The van der Waals surface area contributed by atoms with Crippen LogP contribution in [0.25, 0.3) is 10.9 Å². The van der Waals surface area contributed by atoms with Gasteiger partial charge in [-0.15, -0.1) is 0 Å². The molecule has 1 aliphatic rings. The minimum Gasteiger partial charge on any atom is -0.482 e. The summed E-state index contributed by atoms with van der Waals surface area (Å²) in [5.74, 6) is -1.12. The Labute approximate surface area is 189 Å². The molecule has 2 N–H and O–H groups in total. The van der Waals surface area contributed by atoms with Gasteiger partial charge in [0.05, 0.1) is 5.02 Å². The first-order valence-corrected chi connectivity index (χ1v) is 11.0. The molecule has 2 atom stereocenters. The summed E-state index contributed by atoms with van der Waals surface area (Å²) in [6, 6.07) is 10.5. The van der Waals surface area contributed by atoms with Crippen molar-refractivity contribution in [2.45, 2.75) is 44.7 Å². The zero-order chi connectivity index (χ0) is 22.8. The van der Waals surface area contributed by atoms with Gasteiger partial charge in [-0.05, 0) is 61.6 Å². The van der Waals surface area contributed by atoms with Crippen LogP contribution in [-0.4, -0.2) is 34.2 Å². The molecule has 1 amide bonds. The topological polar surface area (TPSA) is 80.6 Å². The SMILES string of the molecule is CCC(C(=O)O)n1c2c(c3cc(F)ccc31)C[C@H](NC(=O)COc1ccccc1Cl)CC2. The molecule has 6 nitrogen and oxygen atoms in total. The fraction of sp³-hybridized carbons (Fsp3) is 0.333. The molecule has 168 valence electrons. The van der Waals surface area contributed by atoms with E-state index < -0.39 is 12.0 Å². The summed E-state index contributed by atoms with van der Waals surface area (Å²) in [5.41, 5.74) is 2.50. The van der Waals surface area contributed by atoms with E-state index in [9.17, 15) is 19.1 Å². The summed E-state index contributed by atoms with van der Waals surface area (Å²) < 4.78 is 21.4. The van der Waals surface area contributed by atoms with Gasteiger partial charge in [-0.3, -0.25) is 4.79 Å². The average Bonchev–Trinajstić information content (AvgIpc) is 3.06. The number of nitrogens with zero attached hydrogens (tertiary/aromatic N) is 1. The number of aliphatic carboxylic acids is 1. The lowest BCUT2D eigenvalue weighted by atomic mass is 9.91. The number of rotatable bonds is 7. The highest BCUT2D eigenvalue weighted by atomic mass is 35.5. The van der Waals surface area contributed by atoms with Gasteiger partial charge in [-0.1, -0.05) is 30.7 Å². The fourth-order valence-corrected chi connectivity index (χ4v) is 4.68. The molecular weight excluding hydrogens is 435 g/mol. The van der Waals surface area contributed by atoms with Gasteiger partial charge in [0.25, 0.3) is 5.91 Å². The van der Waals surface area contributed by atoms with Gasteiger partial charge >= 0.3 is 5.97 Å². The Kier molecular flexibility index (Phi) is 6.37. The van der Waals surface area contributed by atoms with Crippen LogP contribution >= 0.6 is 11.6 Å². The smallest absolute Gasteiger partial charge is 0.326 e. The van der Waals surface area contributed by atoms with Gasteiger partial charge in [-0.2, -0.15) is 0 Å². The van der Waals surface area contributed by atoms with E-state index in [2.05, 4.69) is 5.32 Å². The number of benzene rings is 2. The lowest BCUT2D eigenvalue weighted by Gasteiger charge is -2.26.